The summed E-state index contributed by atoms with van der Waals surface area (Å²) in [6.45, 7) is 10.3. The normalized spacial score (nSPS) is 16.7. The maximum Gasteiger partial charge on any atom is 0.0775 e. The molecule has 0 rings (SSSR count). The largest absolute Gasteiger partial charge is 0.379 e. The minimum absolute atomic E-state index is 0.158. The zero-order chi connectivity index (χ0) is 10.5. The lowest BCUT2D eigenvalue weighted by Gasteiger charge is -2.35. The predicted molar refractivity (Wildman–Crippen MR) is 57.9 cm³/mol. The first kappa shape index (κ1) is 12.7. The van der Waals surface area contributed by atoms with Gasteiger partial charge in [0.1, 0.15) is 0 Å². The molecule has 0 amide bonds. The lowest BCUT2D eigenvalue weighted by Crippen LogP contribution is -2.46. The van der Waals surface area contributed by atoms with Crippen LogP contribution in [-0.4, -0.2) is 26.3 Å². The third-order valence-corrected chi connectivity index (χ3v) is 2.26. The van der Waals surface area contributed by atoms with Crippen molar-refractivity contribution in [1.29, 1.82) is 0 Å². The second-order valence-electron chi connectivity index (χ2n) is 4.44. The smallest absolute Gasteiger partial charge is 0.0775 e. The van der Waals surface area contributed by atoms with E-state index in [1.54, 1.807) is 7.11 Å². The molecule has 0 spiro atoms. The monoisotopic (exact) mass is 185 g/mol. The lowest BCUT2D eigenvalue weighted by atomic mass is 9.83. The average Bonchev–Trinajstić information content (AvgIpc) is 2.01. The van der Waals surface area contributed by atoms with E-state index in [2.05, 4.69) is 32.7 Å². The van der Waals surface area contributed by atoms with Gasteiger partial charge in [-0.1, -0.05) is 26.8 Å². The first-order chi connectivity index (χ1) is 5.97. The van der Waals surface area contributed by atoms with Crippen molar-refractivity contribution in [3.63, 3.8) is 0 Å². The fourth-order valence-electron chi connectivity index (χ4n) is 1.69. The van der Waals surface area contributed by atoms with Crippen LogP contribution < -0.4 is 5.32 Å². The van der Waals surface area contributed by atoms with Gasteiger partial charge in [-0.05, 0) is 18.9 Å². The summed E-state index contributed by atoms with van der Waals surface area (Å²) in [6.07, 6.45) is 3.08. The zero-order valence-corrected chi connectivity index (χ0v) is 9.55. The van der Waals surface area contributed by atoms with Gasteiger partial charge in [-0.2, -0.15) is 0 Å². The van der Waals surface area contributed by atoms with Gasteiger partial charge >= 0.3 is 0 Å². The molecule has 78 valence electrons. The van der Waals surface area contributed by atoms with E-state index in [9.17, 15) is 0 Å². The number of likely N-dealkylation sites (N-methyl/N-ethyl adjacent to an activating group) is 1. The first-order valence-corrected chi connectivity index (χ1v) is 4.78. The third kappa shape index (κ3) is 3.92. The molecule has 0 heterocycles. The number of rotatable bonds is 5. The van der Waals surface area contributed by atoms with Crippen molar-refractivity contribution in [2.24, 2.45) is 5.41 Å². The van der Waals surface area contributed by atoms with Crippen molar-refractivity contribution < 1.29 is 4.74 Å². The molecule has 0 aliphatic rings. The number of ether oxygens (including phenoxy) is 1. The van der Waals surface area contributed by atoms with Crippen molar-refractivity contribution in [1.82, 2.24) is 5.32 Å². The van der Waals surface area contributed by atoms with Gasteiger partial charge in [-0.15, -0.1) is 6.58 Å². The summed E-state index contributed by atoms with van der Waals surface area (Å²) in [7, 11) is 3.73. The van der Waals surface area contributed by atoms with Gasteiger partial charge in [0.15, 0.2) is 0 Å². The topological polar surface area (TPSA) is 21.3 Å². The molecule has 0 aromatic rings. The van der Waals surface area contributed by atoms with Crippen molar-refractivity contribution in [2.45, 2.75) is 39.3 Å². The van der Waals surface area contributed by atoms with Crippen LogP contribution in [0.25, 0.3) is 0 Å². The highest BCUT2D eigenvalue weighted by molar-refractivity contribution is 4.89. The lowest BCUT2D eigenvalue weighted by molar-refractivity contribution is -0.00857. The fraction of sp³-hybridized carbons (Fsp3) is 0.818. The van der Waals surface area contributed by atoms with E-state index in [-0.39, 0.29) is 11.5 Å². The van der Waals surface area contributed by atoms with Crippen LogP contribution >= 0.6 is 0 Å². The highest BCUT2D eigenvalue weighted by Crippen LogP contribution is 2.25. The van der Waals surface area contributed by atoms with Gasteiger partial charge in [0, 0.05) is 13.2 Å². The van der Waals surface area contributed by atoms with Crippen LogP contribution in [0.4, 0.5) is 0 Å². The van der Waals surface area contributed by atoms with Crippen LogP contribution in [0, 0.1) is 5.41 Å². The van der Waals surface area contributed by atoms with Crippen LogP contribution in [0.5, 0.6) is 0 Å². The van der Waals surface area contributed by atoms with Crippen molar-refractivity contribution in [2.75, 3.05) is 14.2 Å². The minimum Gasteiger partial charge on any atom is -0.379 e. The predicted octanol–water partition coefficient (Wildman–Crippen LogP) is 2.21. The molecule has 0 aliphatic carbocycles. The van der Waals surface area contributed by atoms with Crippen LogP contribution in [0.1, 0.15) is 27.2 Å². The molecule has 0 saturated carbocycles. The SMILES string of the molecule is C=CCC(NC)C(OC)C(C)(C)C. The van der Waals surface area contributed by atoms with Gasteiger partial charge < -0.3 is 10.1 Å². The summed E-state index contributed by atoms with van der Waals surface area (Å²) in [6, 6.07) is 0.350. The van der Waals surface area contributed by atoms with Crippen molar-refractivity contribution in [3.8, 4) is 0 Å². The quantitative estimate of drug-likeness (QED) is 0.663. The Kier molecular flexibility index (Phi) is 5.26. The first-order valence-electron chi connectivity index (χ1n) is 4.78. The van der Waals surface area contributed by atoms with Crippen LogP contribution in [0.3, 0.4) is 0 Å². The molecule has 2 unspecified atom stereocenters. The second-order valence-corrected chi connectivity index (χ2v) is 4.44. The van der Waals surface area contributed by atoms with Gasteiger partial charge in [-0.25, -0.2) is 0 Å². The van der Waals surface area contributed by atoms with E-state index in [1.807, 2.05) is 13.1 Å². The summed E-state index contributed by atoms with van der Waals surface area (Å²) in [5.41, 5.74) is 0.158. The van der Waals surface area contributed by atoms with Crippen molar-refractivity contribution in [3.05, 3.63) is 12.7 Å². The Labute approximate surface area is 82.4 Å². The fourth-order valence-corrected chi connectivity index (χ4v) is 1.69. The Balaban J connectivity index is 4.42. The molecule has 0 aliphatic heterocycles. The Morgan fingerprint density at radius 1 is 1.46 bits per heavy atom. The molecule has 2 nitrogen and oxygen atoms in total. The Hall–Kier alpha value is -0.340. The van der Waals surface area contributed by atoms with E-state index in [4.69, 9.17) is 4.74 Å². The van der Waals surface area contributed by atoms with Gasteiger partial charge in [-0.3, -0.25) is 0 Å². The number of methoxy groups -OCH3 is 1. The zero-order valence-electron chi connectivity index (χ0n) is 9.55. The molecular weight excluding hydrogens is 162 g/mol. The molecule has 0 saturated heterocycles. The van der Waals surface area contributed by atoms with E-state index < -0.39 is 0 Å². The van der Waals surface area contributed by atoms with Gasteiger partial charge in [0.05, 0.1) is 6.10 Å². The van der Waals surface area contributed by atoms with E-state index in [0.717, 1.165) is 6.42 Å². The molecule has 2 heteroatoms. The van der Waals surface area contributed by atoms with E-state index in [0.29, 0.717) is 6.04 Å². The summed E-state index contributed by atoms with van der Waals surface area (Å²) >= 11 is 0. The Morgan fingerprint density at radius 3 is 2.23 bits per heavy atom. The van der Waals surface area contributed by atoms with Crippen molar-refractivity contribution >= 4 is 0 Å². The highest BCUT2D eigenvalue weighted by Gasteiger charge is 2.30. The minimum atomic E-state index is 0.158. The van der Waals surface area contributed by atoms with Crippen LogP contribution in [-0.2, 0) is 4.74 Å². The number of hydrogen-bond acceptors (Lipinski definition) is 2. The Bertz CT molecular complexity index is 149. The second kappa shape index (κ2) is 5.40. The summed E-state index contributed by atoms with van der Waals surface area (Å²) in [5, 5.41) is 3.26. The molecule has 2 atom stereocenters. The highest BCUT2D eigenvalue weighted by atomic mass is 16.5. The third-order valence-electron chi connectivity index (χ3n) is 2.26. The molecule has 0 radical (unpaired) electrons. The Morgan fingerprint density at radius 2 is 2.00 bits per heavy atom. The molecule has 0 fully saturated rings. The average molecular weight is 185 g/mol. The molecule has 0 bridgehead atoms. The van der Waals surface area contributed by atoms with E-state index in [1.165, 1.54) is 0 Å². The molecule has 13 heavy (non-hydrogen) atoms. The van der Waals surface area contributed by atoms with E-state index >= 15 is 0 Å². The molecule has 0 aromatic heterocycles. The van der Waals surface area contributed by atoms with Gasteiger partial charge in [0.2, 0.25) is 0 Å². The van der Waals surface area contributed by atoms with Crippen LogP contribution in [0.2, 0.25) is 0 Å². The summed E-state index contributed by atoms with van der Waals surface area (Å²) < 4.78 is 5.51. The van der Waals surface area contributed by atoms with Crippen LogP contribution in [0.15, 0.2) is 12.7 Å². The molecule has 1 N–H and O–H groups in total. The number of nitrogens with one attached hydrogen (secondary N) is 1. The summed E-state index contributed by atoms with van der Waals surface area (Å²) in [5.74, 6) is 0. The summed E-state index contributed by atoms with van der Waals surface area (Å²) in [4.78, 5) is 0. The number of hydrogen-bond donors (Lipinski definition) is 1. The molecular formula is C11H23NO. The maximum atomic E-state index is 5.51. The maximum absolute atomic E-state index is 5.51. The standard InChI is InChI=1S/C11H23NO/c1-7-8-9(12-5)10(13-6)11(2,3)4/h7,9-10,12H,1,8H2,2-6H3. The van der Waals surface area contributed by atoms with Gasteiger partial charge in [0.25, 0.3) is 0 Å². The molecule has 0 aromatic carbocycles.